The van der Waals surface area contributed by atoms with Crippen LogP contribution in [0.25, 0.3) is 0 Å². The molecule has 0 spiro atoms. The van der Waals surface area contributed by atoms with Crippen LogP contribution in [0.15, 0.2) is 9.85 Å². The van der Waals surface area contributed by atoms with E-state index in [1.165, 1.54) is 0 Å². The molecule has 0 unspecified atom stereocenters. The SMILES string of the molecule is Cl.Nc1cc(Br)sc1CCCC(=O)O. The zero-order valence-electron chi connectivity index (χ0n) is 7.33. The molecule has 1 rings (SSSR count). The van der Waals surface area contributed by atoms with Crippen molar-refractivity contribution in [3.63, 3.8) is 0 Å². The molecule has 3 nitrogen and oxygen atoms in total. The first-order valence-corrected chi connectivity index (χ1v) is 5.46. The molecule has 3 N–H and O–H groups in total. The van der Waals surface area contributed by atoms with E-state index in [4.69, 9.17) is 10.8 Å². The molecule has 0 atom stereocenters. The number of carboxylic acids is 1. The van der Waals surface area contributed by atoms with E-state index in [9.17, 15) is 4.79 Å². The second-order valence-electron chi connectivity index (χ2n) is 2.68. The topological polar surface area (TPSA) is 63.3 Å². The molecule has 0 aliphatic carbocycles. The van der Waals surface area contributed by atoms with Crippen LogP contribution in [-0.2, 0) is 11.2 Å². The van der Waals surface area contributed by atoms with Crippen LogP contribution < -0.4 is 5.73 Å². The first kappa shape index (κ1) is 13.7. The number of carboxylic acid groups (broad SMARTS) is 1. The lowest BCUT2D eigenvalue weighted by Gasteiger charge is -1.96. The van der Waals surface area contributed by atoms with Gasteiger partial charge in [-0.1, -0.05) is 0 Å². The molecular weight excluding hydrogens is 290 g/mol. The van der Waals surface area contributed by atoms with E-state index in [1.54, 1.807) is 11.3 Å². The summed E-state index contributed by atoms with van der Waals surface area (Å²) in [5, 5.41) is 8.43. The molecule has 0 saturated carbocycles. The van der Waals surface area contributed by atoms with Crippen molar-refractivity contribution in [2.45, 2.75) is 19.3 Å². The predicted molar refractivity (Wildman–Crippen MR) is 64.3 cm³/mol. The average molecular weight is 301 g/mol. The first-order valence-electron chi connectivity index (χ1n) is 3.85. The van der Waals surface area contributed by atoms with Crippen molar-refractivity contribution in [3.05, 3.63) is 14.7 Å². The Hall–Kier alpha value is -0.260. The summed E-state index contributed by atoms with van der Waals surface area (Å²) in [4.78, 5) is 11.3. The standard InChI is InChI=1S/C8H10BrNO2S.ClH/c9-7-4-5(10)6(13-7)2-1-3-8(11)12;/h4H,1-3,10H2,(H,11,12);1H. The molecular formula is C8H11BrClNO2S. The minimum Gasteiger partial charge on any atom is -0.481 e. The number of aryl methyl sites for hydroxylation is 1. The summed E-state index contributed by atoms with van der Waals surface area (Å²) in [5.41, 5.74) is 6.44. The third-order valence-corrected chi connectivity index (χ3v) is 3.32. The lowest BCUT2D eigenvalue weighted by Crippen LogP contribution is -1.96. The molecule has 0 aliphatic heterocycles. The molecule has 0 fully saturated rings. The lowest BCUT2D eigenvalue weighted by atomic mass is 10.2. The van der Waals surface area contributed by atoms with E-state index in [0.717, 1.165) is 20.8 Å². The highest BCUT2D eigenvalue weighted by Crippen LogP contribution is 2.30. The van der Waals surface area contributed by atoms with Gasteiger partial charge in [0, 0.05) is 17.0 Å². The third kappa shape index (κ3) is 4.30. The van der Waals surface area contributed by atoms with E-state index in [1.807, 2.05) is 6.07 Å². The van der Waals surface area contributed by atoms with Crippen molar-refractivity contribution in [1.82, 2.24) is 0 Å². The Morgan fingerprint density at radius 2 is 2.29 bits per heavy atom. The van der Waals surface area contributed by atoms with E-state index >= 15 is 0 Å². The number of thiophene rings is 1. The number of anilines is 1. The van der Waals surface area contributed by atoms with Crippen molar-refractivity contribution < 1.29 is 9.90 Å². The Labute approximate surface area is 101 Å². The van der Waals surface area contributed by atoms with Crippen LogP contribution in [0.4, 0.5) is 5.69 Å². The van der Waals surface area contributed by atoms with Gasteiger partial charge in [-0.05, 0) is 34.8 Å². The molecule has 0 aromatic carbocycles. The molecule has 0 saturated heterocycles. The zero-order chi connectivity index (χ0) is 9.84. The van der Waals surface area contributed by atoms with Crippen LogP contribution in [0, 0.1) is 0 Å². The van der Waals surface area contributed by atoms with E-state index in [2.05, 4.69) is 15.9 Å². The summed E-state index contributed by atoms with van der Waals surface area (Å²) < 4.78 is 0.996. The number of aliphatic carboxylic acids is 1. The number of rotatable bonds is 4. The van der Waals surface area contributed by atoms with Gasteiger partial charge in [-0.2, -0.15) is 0 Å². The van der Waals surface area contributed by atoms with Gasteiger partial charge in [-0.25, -0.2) is 0 Å². The summed E-state index contributed by atoms with van der Waals surface area (Å²) in [6.07, 6.45) is 1.59. The number of halogens is 2. The van der Waals surface area contributed by atoms with Gasteiger partial charge in [-0.3, -0.25) is 4.79 Å². The van der Waals surface area contributed by atoms with Gasteiger partial charge in [0.1, 0.15) is 0 Å². The second-order valence-corrected chi connectivity index (χ2v) is 5.19. The fourth-order valence-corrected chi connectivity index (χ4v) is 2.68. The Morgan fingerprint density at radius 1 is 1.64 bits per heavy atom. The Balaban J connectivity index is 0.00000169. The quantitative estimate of drug-likeness (QED) is 0.898. The number of hydrogen-bond donors (Lipinski definition) is 2. The first-order chi connectivity index (χ1) is 6.09. The molecule has 1 heterocycles. The summed E-state index contributed by atoms with van der Waals surface area (Å²) in [7, 11) is 0. The molecule has 0 amide bonds. The molecule has 80 valence electrons. The molecule has 1 aromatic rings. The lowest BCUT2D eigenvalue weighted by molar-refractivity contribution is -0.137. The third-order valence-electron chi connectivity index (χ3n) is 1.61. The van der Waals surface area contributed by atoms with Crippen LogP contribution in [-0.4, -0.2) is 11.1 Å². The van der Waals surface area contributed by atoms with Crippen molar-refractivity contribution in [2.75, 3.05) is 5.73 Å². The largest absolute Gasteiger partial charge is 0.481 e. The minimum absolute atomic E-state index is 0. The smallest absolute Gasteiger partial charge is 0.303 e. The second kappa shape index (κ2) is 6.27. The van der Waals surface area contributed by atoms with Gasteiger partial charge in [0.15, 0.2) is 0 Å². The molecule has 0 aliphatic rings. The summed E-state index contributed by atoms with van der Waals surface area (Å²) in [5.74, 6) is -0.755. The highest BCUT2D eigenvalue weighted by Gasteiger charge is 2.05. The number of nitrogen functional groups attached to an aromatic ring is 1. The van der Waals surface area contributed by atoms with E-state index in [0.29, 0.717) is 6.42 Å². The van der Waals surface area contributed by atoms with Crippen molar-refractivity contribution in [2.24, 2.45) is 0 Å². The van der Waals surface area contributed by atoms with Gasteiger partial charge < -0.3 is 10.8 Å². The molecule has 0 bridgehead atoms. The fraction of sp³-hybridized carbons (Fsp3) is 0.375. The average Bonchev–Trinajstić information content (AvgIpc) is 2.29. The minimum atomic E-state index is -0.755. The number of carbonyl (C=O) groups is 1. The Kier molecular flexibility index (Phi) is 6.15. The number of hydrogen-bond acceptors (Lipinski definition) is 3. The highest BCUT2D eigenvalue weighted by atomic mass is 79.9. The fourth-order valence-electron chi connectivity index (χ4n) is 1.00. The number of nitrogens with two attached hydrogens (primary N) is 1. The summed E-state index contributed by atoms with van der Waals surface area (Å²) in [6.45, 7) is 0. The molecule has 14 heavy (non-hydrogen) atoms. The van der Waals surface area contributed by atoms with Crippen LogP contribution in [0.5, 0.6) is 0 Å². The van der Waals surface area contributed by atoms with Crippen LogP contribution in [0.3, 0.4) is 0 Å². The maximum Gasteiger partial charge on any atom is 0.303 e. The van der Waals surface area contributed by atoms with Gasteiger partial charge in [0.05, 0.1) is 3.79 Å². The van der Waals surface area contributed by atoms with Crippen LogP contribution >= 0.6 is 39.7 Å². The van der Waals surface area contributed by atoms with E-state index in [-0.39, 0.29) is 18.8 Å². The highest BCUT2D eigenvalue weighted by molar-refractivity contribution is 9.11. The molecule has 6 heteroatoms. The van der Waals surface area contributed by atoms with Gasteiger partial charge in [0.25, 0.3) is 0 Å². The molecule has 1 aromatic heterocycles. The summed E-state index contributed by atoms with van der Waals surface area (Å²) >= 11 is 4.89. The normalized spacial score (nSPS) is 9.50. The van der Waals surface area contributed by atoms with E-state index < -0.39 is 5.97 Å². The maximum absolute atomic E-state index is 10.2. The maximum atomic E-state index is 10.2. The predicted octanol–water partition coefficient (Wildman–Crippen LogP) is 2.92. The monoisotopic (exact) mass is 299 g/mol. The van der Waals surface area contributed by atoms with Crippen molar-refractivity contribution in [3.8, 4) is 0 Å². The van der Waals surface area contributed by atoms with Crippen molar-refractivity contribution in [1.29, 1.82) is 0 Å². The Bertz CT molecular complexity index is 316. The van der Waals surface area contributed by atoms with Crippen molar-refractivity contribution >= 4 is 51.3 Å². The van der Waals surface area contributed by atoms with Gasteiger partial charge >= 0.3 is 5.97 Å². The van der Waals surface area contributed by atoms with Gasteiger partial charge in [0.2, 0.25) is 0 Å². The van der Waals surface area contributed by atoms with Crippen LogP contribution in [0.1, 0.15) is 17.7 Å². The summed E-state index contributed by atoms with van der Waals surface area (Å²) in [6, 6.07) is 1.85. The zero-order valence-corrected chi connectivity index (χ0v) is 10.5. The van der Waals surface area contributed by atoms with Crippen LogP contribution in [0.2, 0.25) is 0 Å². The molecule has 0 radical (unpaired) electrons. The Morgan fingerprint density at radius 3 is 2.71 bits per heavy atom. The van der Waals surface area contributed by atoms with Gasteiger partial charge in [-0.15, -0.1) is 23.7 Å².